The van der Waals surface area contributed by atoms with Gasteiger partial charge in [0.25, 0.3) is 0 Å². The number of hydrogen-bond donors (Lipinski definition) is 3. The van der Waals surface area contributed by atoms with E-state index in [4.69, 9.17) is 5.11 Å². The second kappa shape index (κ2) is 9.64. The predicted octanol–water partition coefficient (Wildman–Crippen LogP) is 0.190. The van der Waals surface area contributed by atoms with Crippen LogP contribution in [0, 0.1) is 0 Å². The van der Waals surface area contributed by atoms with Gasteiger partial charge in [-0.15, -0.1) is 12.4 Å². The van der Waals surface area contributed by atoms with Crippen LogP contribution in [0.3, 0.4) is 0 Å². The maximum absolute atomic E-state index is 11.0. The summed E-state index contributed by atoms with van der Waals surface area (Å²) in [4.78, 5) is 10.7. The van der Waals surface area contributed by atoms with Crippen molar-refractivity contribution in [3.8, 4) is 0 Å². The van der Waals surface area contributed by atoms with Gasteiger partial charge in [0.2, 0.25) is 10.0 Å². The van der Waals surface area contributed by atoms with Crippen LogP contribution in [0.2, 0.25) is 0 Å². The number of carboxylic acid groups (broad SMARTS) is 1. The Morgan fingerprint density at radius 1 is 1.29 bits per heavy atom. The highest BCUT2D eigenvalue weighted by Gasteiger charge is 2.15. The van der Waals surface area contributed by atoms with Gasteiger partial charge in [0.1, 0.15) is 6.04 Å². The average molecular weight is 289 g/mol. The van der Waals surface area contributed by atoms with Crippen LogP contribution in [0.15, 0.2) is 0 Å². The van der Waals surface area contributed by atoms with E-state index in [9.17, 15) is 13.2 Å². The van der Waals surface area contributed by atoms with Crippen molar-refractivity contribution in [2.45, 2.75) is 32.7 Å². The lowest BCUT2D eigenvalue weighted by atomic mass is 10.2. The van der Waals surface area contributed by atoms with E-state index in [-0.39, 0.29) is 24.7 Å². The van der Waals surface area contributed by atoms with Crippen molar-refractivity contribution in [1.82, 2.24) is 10.0 Å². The Hall–Kier alpha value is -0.370. The molecule has 0 aliphatic carbocycles. The van der Waals surface area contributed by atoms with Crippen LogP contribution in [0.4, 0.5) is 0 Å². The minimum atomic E-state index is -3.19. The number of carbonyl (C=O) groups is 1. The van der Waals surface area contributed by atoms with Gasteiger partial charge in [0.15, 0.2) is 0 Å². The number of halogens is 1. The van der Waals surface area contributed by atoms with Gasteiger partial charge < -0.3 is 10.4 Å². The SMILES string of the molecule is CCCC(NCCNS(=O)(=O)CC)C(=O)O.Cl. The molecule has 17 heavy (non-hydrogen) atoms. The monoisotopic (exact) mass is 288 g/mol. The molecule has 0 aromatic heterocycles. The maximum Gasteiger partial charge on any atom is 0.320 e. The zero-order valence-electron chi connectivity index (χ0n) is 10.1. The molecule has 1 unspecified atom stereocenters. The highest BCUT2D eigenvalue weighted by atomic mass is 35.5. The molecule has 8 heteroatoms. The highest BCUT2D eigenvalue weighted by Crippen LogP contribution is 1.95. The van der Waals surface area contributed by atoms with Crippen molar-refractivity contribution in [2.75, 3.05) is 18.8 Å². The van der Waals surface area contributed by atoms with Crippen LogP contribution in [0.1, 0.15) is 26.7 Å². The molecular weight excluding hydrogens is 268 g/mol. The number of aliphatic carboxylic acids is 1. The summed E-state index contributed by atoms with van der Waals surface area (Å²) in [6.07, 6.45) is 1.31. The van der Waals surface area contributed by atoms with E-state index in [1.54, 1.807) is 6.92 Å². The standard InChI is InChI=1S/C9H20N2O4S.ClH/c1-3-5-8(9(12)13)10-6-7-11-16(14,15)4-2;/h8,10-11H,3-7H2,1-2H3,(H,12,13);1H. The summed E-state index contributed by atoms with van der Waals surface area (Å²) in [5.41, 5.74) is 0. The minimum absolute atomic E-state index is 0. The van der Waals surface area contributed by atoms with Crippen LogP contribution >= 0.6 is 12.4 Å². The van der Waals surface area contributed by atoms with Gasteiger partial charge >= 0.3 is 5.97 Å². The first kappa shape index (κ1) is 19.0. The summed E-state index contributed by atoms with van der Waals surface area (Å²) < 4.78 is 24.5. The Morgan fingerprint density at radius 3 is 2.29 bits per heavy atom. The lowest BCUT2D eigenvalue weighted by Crippen LogP contribution is -2.41. The van der Waals surface area contributed by atoms with Crippen molar-refractivity contribution >= 4 is 28.4 Å². The fourth-order valence-electron chi connectivity index (χ4n) is 1.16. The lowest BCUT2D eigenvalue weighted by Gasteiger charge is -2.13. The van der Waals surface area contributed by atoms with Crippen molar-refractivity contribution in [3.63, 3.8) is 0 Å². The van der Waals surface area contributed by atoms with E-state index in [1.165, 1.54) is 0 Å². The van der Waals surface area contributed by atoms with Crippen LogP contribution in [0.25, 0.3) is 0 Å². The molecule has 0 radical (unpaired) electrons. The fourth-order valence-corrected chi connectivity index (χ4v) is 1.77. The molecule has 0 saturated carbocycles. The molecule has 0 amide bonds. The smallest absolute Gasteiger partial charge is 0.320 e. The van der Waals surface area contributed by atoms with E-state index in [2.05, 4.69) is 10.0 Å². The third-order valence-corrected chi connectivity index (χ3v) is 3.50. The molecule has 0 spiro atoms. The second-order valence-electron chi connectivity index (χ2n) is 3.43. The number of sulfonamides is 1. The average Bonchev–Trinajstić information content (AvgIpc) is 2.22. The number of rotatable bonds is 9. The van der Waals surface area contributed by atoms with E-state index in [0.717, 1.165) is 6.42 Å². The summed E-state index contributed by atoms with van der Waals surface area (Å²) >= 11 is 0. The van der Waals surface area contributed by atoms with E-state index in [1.807, 2.05) is 6.92 Å². The quantitative estimate of drug-likeness (QED) is 0.527. The number of nitrogens with one attached hydrogen (secondary N) is 2. The first-order valence-electron chi connectivity index (χ1n) is 5.36. The fraction of sp³-hybridized carbons (Fsp3) is 0.889. The summed E-state index contributed by atoms with van der Waals surface area (Å²) in [6.45, 7) is 3.98. The molecule has 1 atom stereocenters. The number of carboxylic acids is 1. The van der Waals surface area contributed by atoms with E-state index < -0.39 is 22.0 Å². The second-order valence-corrected chi connectivity index (χ2v) is 5.53. The summed E-state index contributed by atoms with van der Waals surface area (Å²) in [7, 11) is -3.19. The Bertz CT molecular complexity index is 308. The molecule has 0 bridgehead atoms. The zero-order chi connectivity index (χ0) is 12.6. The Balaban J connectivity index is 0. The van der Waals surface area contributed by atoms with Gasteiger partial charge in [0.05, 0.1) is 5.75 Å². The highest BCUT2D eigenvalue weighted by molar-refractivity contribution is 7.89. The van der Waals surface area contributed by atoms with Crippen molar-refractivity contribution < 1.29 is 18.3 Å². The third kappa shape index (κ3) is 9.34. The Morgan fingerprint density at radius 2 is 1.88 bits per heavy atom. The molecule has 104 valence electrons. The van der Waals surface area contributed by atoms with Gasteiger partial charge in [-0.05, 0) is 13.3 Å². The molecule has 6 nitrogen and oxygen atoms in total. The molecular formula is C9H21ClN2O4S. The Labute approximate surface area is 109 Å². The molecule has 0 heterocycles. The van der Waals surface area contributed by atoms with E-state index in [0.29, 0.717) is 13.0 Å². The molecule has 0 rings (SSSR count). The molecule has 0 aromatic carbocycles. The molecule has 3 N–H and O–H groups in total. The lowest BCUT2D eigenvalue weighted by molar-refractivity contribution is -0.139. The predicted molar refractivity (Wildman–Crippen MR) is 69.0 cm³/mol. The minimum Gasteiger partial charge on any atom is -0.480 e. The summed E-state index contributed by atoms with van der Waals surface area (Å²) in [5.74, 6) is -0.871. The zero-order valence-corrected chi connectivity index (χ0v) is 11.7. The van der Waals surface area contributed by atoms with Crippen molar-refractivity contribution in [3.05, 3.63) is 0 Å². The van der Waals surface area contributed by atoms with Crippen molar-refractivity contribution in [2.24, 2.45) is 0 Å². The van der Waals surface area contributed by atoms with Gasteiger partial charge in [-0.1, -0.05) is 13.3 Å². The largest absolute Gasteiger partial charge is 0.480 e. The Kier molecular flexibility index (Phi) is 10.8. The molecule has 0 saturated heterocycles. The van der Waals surface area contributed by atoms with Gasteiger partial charge in [-0.25, -0.2) is 13.1 Å². The summed E-state index contributed by atoms with van der Waals surface area (Å²) in [6, 6.07) is -0.601. The first-order valence-corrected chi connectivity index (χ1v) is 7.01. The van der Waals surface area contributed by atoms with Crippen LogP contribution in [-0.2, 0) is 14.8 Å². The molecule has 0 aliphatic rings. The van der Waals surface area contributed by atoms with Gasteiger partial charge in [-0.3, -0.25) is 4.79 Å². The van der Waals surface area contributed by atoms with Crippen LogP contribution in [0.5, 0.6) is 0 Å². The van der Waals surface area contributed by atoms with Crippen LogP contribution in [-0.4, -0.2) is 44.4 Å². The van der Waals surface area contributed by atoms with E-state index >= 15 is 0 Å². The molecule has 0 fully saturated rings. The maximum atomic E-state index is 11.0. The summed E-state index contributed by atoms with van der Waals surface area (Å²) in [5, 5.41) is 11.6. The molecule has 0 aromatic rings. The van der Waals surface area contributed by atoms with Crippen LogP contribution < -0.4 is 10.0 Å². The van der Waals surface area contributed by atoms with Crippen molar-refractivity contribution in [1.29, 1.82) is 0 Å². The topological polar surface area (TPSA) is 95.5 Å². The van der Waals surface area contributed by atoms with Gasteiger partial charge in [0, 0.05) is 13.1 Å². The first-order chi connectivity index (χ1) is 7.43. The molecule has 0 aliphatic heterocycles. The normalized spacial score (nSPS) is 12.8. The van der Waals surface area contributed by atoms with Gasteiger partial charge in [-0.2, -0.15) is 0 Å². The third-order valence-electron chi connectivity index (χ3n) is 2.09. The number of hydrogen-bond acceptors (Lipinski definition) is 4.